The highest BCUT2D eigenvalue weighted by Gasteiger charge is 2.10. The number of aromatic nitrogens is 1. The molecule has 0 aliphatic heterocycles. The number of nitrogens with zero attached hydrogens (tertiary/aromatic N) is 1. The molecule has 1 aromatic carbocycles. The van der Waals surface area contributed by atoms with E-state index in [2.05, 4.69) is 5.32 Å². The first-order valence-corrected chi connectivity index (χ1v) is 7.98. The van der Waals surface area contributed by atoms with Crippen molar-refractivity contribution in [3.8, 4) is 0 Å². The second-order valence-corrected chi connectivity index (χ2v) is 5.84. The molecular weight excluding hydrogens is 354 g/mol. The average molecular weight is 368 g/mol. The number of hydrogen-bond donors (Lipinski definition) is 1. The highest BCUT2D eigenvalue weighted by molar-refractivity contribution is 7.99. The molecule has 0 fully saturated rings. The van der Waals surface area contributed by atoms with Gasteiger partial charge in [0.05, 0.1) is 0 Å². The van der Waals surface area contributed by atoms with Crippen LogP contribution >= 0.6 is 11.8 Å². The zero-order chi connectivity index (χ0) is 18.2. The number of alkyl halides is 2. The molecule has 0 radical (unpaired) electrons. The minimum Gasteiger partial charge on any atom is -0.454 e. The summed E-state index contributed by atoms with van der Waals surface area (Å²) in [5, 5.41) is 2.47. The van der Waals surface area contributed by atoms with Crippen molar-refractivity contribution in [1.82, 2.24) is 4.57 Å². The zero-order valence-corrected chi connectivity index (χ0v) is 13.7. The van der Waals surface area contributed by atoms with Crippen molar-refractivity contribution in [2.75, 3.05) is 11.9 Å². The van der Waals surface area contributed by atoms with Crippen molar-refractivity contribution >= 4 is 29.3 Å². The fourth-order valence-corrected chi connectivity index (χ4v) is 2.34. The summed E-state index contributed by atoms with van der Waals surface area (Å²) in [7, 11) is 0. The maximum absolute atomic E-state index is 12.2. The van der Waals surface area contributed by atoms with Crippen LogP contribution in [0.1, 0.15) is 0 Å². The van der Waals surface area contributed by atoms with Gasteiger partial charge in [-0.2, -0.15) is 8.78 Å². The molecule has 132 valence electrons. The van der Waals surface area contributed by atoms with Gasteiger partial charge < -0.3 is 14.6 Å². The Labute approximate surface area is 145 Å². The number of carbonyl (C=O) groups is 2. The van der Waals surface area contributed by atoms with Crippen LogP contribution in [0, 0.1) is 0 Å². The first kappa shape index (κ1) is 18.7. The smallest absolute Gasteiger partial charge is 0.326 e. The second kappa shape index (κ2) is 8.97. The normalized spacial score (nSPS) is 10.5. The second-order valence-electron chi connectivity index (χ2n) is 4.78. The number of carbonyl (C=O) groups excluding carboxylic acids is 2. The Bertz CT molecular complexity index is 793. The lowest BCUT2D eigenvalue weighted by atomic mass is 10.3. The zero-order valence-electron chi connectivity index (χ0n) is 12.9. The molecule has 1 aromatic heterocycles. The summed E-state index contributed by atoms with van der Waals surface area (Å²) in [6.07, 6.45) is 1.43. The molecule has 2 aromatic rings. The molecule has 0 spiro atoms. The van der Waals surface area contributed by atoms with Gasteiger partial charge in [0.25, 0.3) is 17.2 Å². The summed E-state index contributed by atoms with van der Waals surface area (Å²) >= 11 is 0.399. The van der Waals surface area contributed by atoms with Crippen molar-refractivity contribution in [3.05, 3.63) is 59.0 Å². The third-order valence-corrected chi connectivity index (χ3v) is 3.65. The van der Waals surface area contributed by atoms with Crippen LogP contribution in [-0.4, -0.2) is 28.8 Å². The predicted molar refractivity (Wildman–Crippen MR) is 88.6 cm³/mol. The summed E-state index contributed by atoms with van der Waals surface area (Å²) in [5.41, 5.74) is 0.0320. The fraction of sp³-hybridized carbons (Fsp3) is 0.188. The van der Waals surface area contributed by atoms with Crippen molar-refractivity contribution in [3.63, 3.8) is 0 Å². The third-order valence-electron chi connectivity index (χ3n) is 2.93. The van der Waals surface area contributed by atoms with E-state index in [0.29, 0.717) is 22.3 Å². The Morgan fingerprint density at radius 2 is 1.88 bits per heavy atom. The molecule has 1 N–H and O–H groups in total. The number of thioether (sulfide) groups is 1. The third kappa shape index (κ3) is 6.38. The molecule has 0 unspecified atom stereocenters. The van der Waals surface area contributed by atoms with Gasteiger partial charge in [-0.05, 0) is 30.3 Å². The minimum atomic E-state index is -2.52. The van der Waals surface area contributed by atoms with Crippen LogP contribution in [-0.2, 0) is 20.9 Å². The summed E-state index contributed by atoms with van der Waals surface area (Å²) < 4.78 is 30.4. The Hall–Kier alpha value is -2.68. The van der Waals surface area contributed by atoms with Crippen molar-refractivity contribution < 1.29 is 23.1 Å². The van der Waals surface area contributed by atoms with Crippen LogP contribution in [0.3, 0.4) is 0 Å². The maximum atomic E-state index is 12.2. The van der Waals surface area contributed by atoms with Gasteiger partial charge in [-0.25, -0.2) is 0 Å². The molecule has 1 heterocycles. The van der Waals surface area contributed by atoms with Crippen LogP contribution in [0.2, 0.25) is 0 Å². The van der Waals surface area contributed by atoms with Gasteiger partial charge in [0, 0.05) is 22.8 Å². The van der Waals surface area contributed by atoms with E-state index in [0.717, 1.165) is 4.57 Å². The number of ether oxygens (including phenoxy) is 1. The number of pyridine rings is 1. The van der Waals surface area contributed by atoms with E-state index >= 15 is 0 Å². The maximum Gasteiger partial charge on any atom is 0.326 e. The molecule has 6 nitrogen and oxygen atoms in total. The molecular formula is C16H14F2N2O4S. The monoisotopic (exact) mass is 368 g/mol. The number of hydrogen-bond acceptors (Lipinski definition) is 5. The quantitative estimate of drug-likeness (QED) is 0.600. The highest BCUT2D eigenvalue weighted by Crippen LogP contribution is 2.26. The fourth-order valence-electron chi connectivity index (χ4n) is 1.84. The molecule has 9 heteroatoms. The van der Waals surface area contributed by atoms with E-state index in [1.165, 1.54) is 36.5 Å². The molecule has 2 rings (SSSR count). The van der Waals surface area contributed by atoms with Gasteiger partial charge in [-0.3, -0.25) is 14.4 Å². The molecule has 0 aliphatic carbocycles. The lowest BCUT2D eigenvalue weighted by Crippen LogP contribution is -2.26. The van der Waals surface area contributed by atoms with E-state index in [1.54, 1.807) is 12.1 Å². The number of halogens is 2. The minimum absolute atomic E-state index is 0.299. The van der Waals surface area contributed by atoms with Crippen molar-refractivity contribution in [1.29, 1.82) is 0 Å². The summed E-state index contributed by atoms with van der Waals surface area (Å²) in [6, 6.07) is 10.3. The number of anilines is 1. The summed E-state index contributed by atoms with van der Waals surface area (Å²) in [4.78, 5) is 35.2. The Morgan fingerprint density at radius 1 is 1.16 bits per heavy atom. The molecule has 0 saturated heterocycles. The summed E-state index contributed by atoms with van der Waals surface area (Å²) in [5.74, 6) is -3.83. The highest BCUT2D eigenvalue weighted by atomic mass is 32.2. The van der Waals surface area contributed by atoms with Crippen LogP contribution in [0.25, 0.3) is 0 Å². The molecule has 0 aliphatic rings. The van der Waals surface area contributed by atoms with Crippen molar-refractivity contribution in [2.45, 2.75) is 17.2 Å². The largest absolute Gasteiger partial charge is 0.454 e. The standard InChI is InChI=1S/C16H14F2N2O4S/c17-16(18)25-12-6-4-11(5-7-12)19-13(21)10-24-15(23)9-20-8-2-1-3-14(20)22/h1-8,16H,9-10H2,(H,19,21). The van der Waals surface area contributed by atoms with Crippen molar-refractivity contribution in [2.24, 2.45) is 0 Å². The Morgan fingerprint density at radius 3 is 2.52 bits per heavy atom. The molecule has 25 heavy (non-hydrogen) atoms. The molecule has 0 saturated carbocycles. The Balaban J connectivity index is 1.79. The Kier molecular flexibility index (Phi) is 6.70. The van der Waals surface area contributed by atoms with Gasteiger partial charge in [-0.1, -0.05) is 17.8 Å². The van der Waals surface area contributed by atoms with Crippen LogP contribution in [0.4, 0.5) is 14.5 Å². The topological polar surface area (TPSA) is 77.4 Å². The van der Waals surface area contributed by atoms with Gasteiger partial charge in [-0.15, -0.1) is 0 Å². The van der Waals surface area contributed by atoms with Gasteiger partial charge >= 0.3 is 5.97 Å². The van der Waals surface area contributed by atoms with Gasteiger partial charge in [0.1, 0.15) is 6.54 Å². The number of nitrogens with one attached hydrogen (secondary N) is 1. The van der Waals surface area contributed by atoms with Gasteiger partial charge in [0.2, 0.25) is 0 Å². The molecule has 0 atom stereocenters. The average Bonchev–Trinajstić information content (AvgIpc) is 2.56. The SMILES string of the molecule is O=C(COC(=O)Cn1ccccc1=O)Nc1ccc(SC(F)F)cc1. The lowest BCUT2D eigenvalue weighted by Gasteiger charge is -2.08. The lowest BCUT2D eigenvalue weighted by molar-refractivity contribution is -0.147. The van der Waals surface area contributed by atoms with Crippen LogP contribution in [0.15, 0.2) is 58.4 Å². The number of rotatable bonds is 7. The van der Waals surface area contributed by atoms with E-state index in [1.807, 2.05) is 0 Å². The number of esters is 1. The van der Waals surface area contributed by atoms with E-state index in [-0.39, 0.29) is 12.1 Å². The van der Waals surface area contributed by atoms with E-state index in [9.17, 15) is 23.2 Å². The van der Waals surface area contributed by atoms with Crippen LogP contribution < -0.4 is 10.9 Å². The van der Waals surface area contributed by atoms with E-state index < -0.39 is 24.2 Å². The number of benzene rings is 1. The van der Waals surface area contributed by atoms with E-state index in [4.69, 9.17) is 4.74 Å². The predicted octanol–water partition coefficient (Wildman–Crippen LogP) is 2.34. The first-order chi connectivity index (χ1) is 11.9. The summed E-state index contributed by atoms with van der Waals surface area (Å²) in [6.45, 7) is -0.819. The molecule has 1 amide bonds. The van der Waals surface area contributed by atoms with Crippen LogP contribution in [0.5, 0.6) is 0 Å². The van der Waals surface area contributed by atoms with Gasteiger partial charge in [0.15, 0.2) is 6.61 Å². The molecule has 0 bridgehead atoms. The first-order valence-electron chi connectivity index (χ1n) is 7.10. The number of amides is 1.